The minimum Gasteiger partial charge on any atom is -0.345 e. The van der Waals surface area contributed by atoms with Crippen molar-refractivity contribution in [1.29, 1.82) is 10.7 Å². The molecule has 7 nitrogen and oxygen atoms in total. The molecule has 0 saturated carbocycles. The van der Waals surface area contributed by atoms with Gasteiger partial charge >= 0.3 is 0 Å². The number of pyridine rings is 1. The van der Waals surface area contributed by atoms with Gasteiger partial charge in [0.05, 0.1) is 5.71 Å². The standard InChI is InChI=1S/C11H10N6O/c1-6(13)11(16-14)7-2-9-15-5-8(4-12)17(9)10(18)3-7/h2-3,5,13,15H,14H2,1H3/b13-6?,16-11+. The van der Waals surface area contributed by atoms with Crippen LogP contribution in [0.5, 0.6) is 0 Å². The van der Waals surface area contributed by atoms with Gasteiger partial charge in [-0.15, -0.1) is 0 Å². The molecule has 0 bridgehead atoms. The highest BCUT2D eigenvalue weighted by molar-refractivity contribution is 6.46. The van der Waals surface area contributed by atoms with E-state index in [1.165, 1.54) is 23.6 Å². The number of nitrogens with zero attached hydrogens (tertiary/aromatic N) is 3. The van der Waals surface area contributed by atoms with E-state index in [0.29, 0.717) is 11.2 Å². The van der Waals surface area contributed by atoms with Crippen LogP contribution >= 0.6 is 0 Å². The van der Waals surface area contributed by atoms with Crippen molar-refractivity contribution in [3.8, 4) is 6.07 Å². The Bertz CT molecular complexity index is 758. The Kier molecular flexibility index (Phi) is 2.69. The van der Waals surface area contributed by atoms with Crippen molar-refractivity contribution in [3.05, 3.63) is 39.9 Å². The third-order valence-electron chi connectivity index (χ3n) is 2.50. The van der Waals surface area contributed by atoms with Crippen molar-refractivity contribution in [1.82, 2.24) is 9.38 Å². The molecule has 0 spiro atoms. The predicted molar refractivity (Wildman–Crippen MR) is 66.9 cm³/mol. The van der Waals surface area contributed by atoms with Gasteiger partial charge in [0.2, 0.25) is 0 Å². The van der Waals surface area contributed by atoms with E-state index in [0.717, 1.165) is 0 Å². The van der Waals surface area contributed by atoms with E-state index in [2.05, 4.69) is 10.1 Å². The summed E-state index contributed by atoms with van der Waals surface area (Å²) < 4.78 is 1.25. The fourth-order valence-corrected chi connectivity index (χ4v) is 1.74. The summed E-state index contributed by atoms with van der Waals surface area (Å²) >= 11 is 0. The number of nitrogens with two attached hydrogens (primary N) is 1. The number of H-pyrrole nitrogens is 1. The van der Waals surface area contributed by atoms with Gasteiger partial charge in [-0.1, -0.05) is 0 Å². The van der Waals surface area contributed by atoms with E-state index in [-0.39, 0.29) is 22.7 Å². The van der Waals surface area contributed by atoms with Gasteiger partial charge in [0.25, 0.3) is 5.56 Å². The first-order valence-electron chi connectivity index (χ1n) is 5.06. The predicted octanol–water partition coefficient (Wildman–Crippen LogP) is 0.202. The lowest BCUT2D eigenvalue weighted by atomic mass is 10.1. The molecule has 0 amide bonds. The van der Waals surface area contributed by atoms with Crippen LogP contribution in [0.2, 0.25) is 0 Å². The fraction of sp³-hybridized carbons (Fsp3) is 0.0909. The summed E-state index contributed by atoms with van der Waals surface area (Å²) in [6.45, 7) is 1.53. The van der Waals surface area contributed by atoms with Gasteiger partial charge in [0, 0.05) is 17.8 Å². The van der Waals surface area contributed by atoms with Crippen LogP contribution in [0.15, 0.2) is 28.2 Å². The number of hydrogen-bond donors (Lipinski definition) is 3. The van der Waals surface area contributed by atoms with Crippen molar-refractivity contribution in [2.24, 2.45) is 10.9 Å². The average Bonchev–Trinajstić information content (AvgIpc) is 2.73. The molecule has 0 atom stereocenters. The molecule has 0 aliphatic rings. The molecule has 7 heteroatoms. The third-order valence-corrected chi connectivity index (χ3v) is 2.50. The van der Waals surface area contributed by atoms with Gasteiger partial charge in [0.1, 0.15) is 23.1 Å². The Balaban J connectivity index is 2.76. The summed E-state index contributed by atoms with van der Waals surface area (Å²) in [7, 11) is 0. The van der Waals surface area contributed by atoms with Crippen molar-refractivity contribution in [2.45, 2.75) is 6.92 Å². The molecule has 2 rings (SSSR count). The maximum atomic E-state index is 11.9. The Morgan fingerprint density at radius 3 is 2.89 bits per heavy atom. The molecule has 0 fully saturated rings. The molecular formula is C11H10N6O. The zero-order valence-corrected chi connectivity index (χ0v) is 9.56. The SMILES string of the molecule is CC(=N)/C(=N\N)c1cc(=O)n2c(C#N)c[nH]c2c1. The van der Waals surface area contributed by atoms with Crippen molar-refractivity contribution >= 4 is 17.1 Å². The minimum atomic E-state index is -0.372. The Labute approximate surface area is 102 Å². The topological polar surface area (TPSA) is 123 Å². The lowest BCUT2D eigenvalue weighted by Crippen LogP contribution is -2.20. The van der Waals surface area contributed by atoms with E-state index < -0.39 is 0 Å². The maximum absolute atomic E-state index is 11.9. The normalized spacial score (nSPS) is 11.4. The Morgan fingerprint density at radius 1 is 1.61 bits per heavy atom. The molecule has 0 aliphatic carbocycles. The van der Waals surface area contributed by atoms with Crippen LogP contribution in [-0.4, -0.2) is 20.8 Å². The number of aromatic amines is 1. The molecule has 4 N–H and O–H groups in total. The van der Waals surface area contributed by atoms with E-state index in [1.54, 1.807) is 6.07 Å². The number of aromatic nitrogens is 2. The number of hydrazone groups is 1. The van der Waals surface area contributed by atoms with Gasteiger partial charge in [-0.2, -0.15) is 10.4 Å². The molecule has 2 heterocycles. The van der Waals surface area contributed by atoms with E-state index in [4.69, 9.17) is 16.5 Å². The summed E-state index contributed by atoms with van der Waals surface area (Å²) in [5, 5.41) is 19.9. The van der Waals surface area contributed by atoms with Crippen LogP contribution in [0, 0.1) is 16.7 Å². The maximum Gasteiger partial charge on any atom is 0.257 e. The molecule has 0 aliphatic heterocycles. The average molecular weight is 242 g/mol. The second kappa shape index (κ2) is 4.18. The monoisotopic (exact) mass is 242 g/mol. The lowest BCUT2D eigenvalue weighted by molar-refractivity contribution is 1.08. The molecule has 2 aromatic rings. The van der Waals surface area contributed by atoms with Gasteiger partial charge in [-0.05, 0) is 13.0 Å². The molecule has 2 aromatic heterocycles. The zero-order valence-electron chi connectivity index (χ0n) is 9.56. The molecule has 0 radical (unpaired) electrons. The highest BCUT2D eigenvalue weighted by atomic mass is 16.1. The number of fused-ring (bicyclic) bond motifs is 1. The van der Waals surface area contributed by atoms with Crippen LogP contribution in [0.1, 0.15) is 18.2 Å². The lowest BCUT2D eigenvalue weighted by Gasteiger charge is -2.03. The Morgan fingerprint density at radius 2 is 2.33 bits per heavy atom. The summed E-state index contributed by atoms with van der Waals surface area (Å²) in [6.07, 6.45) is 1.44. The third kappa shape index (κ3) is 1.66. The molecule has 0 saturated heterocycles. The second-order valence-corrected chi connectivity index (χ2v) is 3.69. The summed E-state index contributed by atoms with van der Waals surface area (Å²) in [5.41, 5.74) is 1.15. The van der Waals surface area contributed by atoms with Gasteiger partial charge in [0.15, 0.2) is 0 Å². The first-order valence-corrected chi connectivity index (χ1v) is 5.06. The molecule has 0 unspecified atom stereocenters. The van der Waals surface area contributed by atoms with Gasteiger partial charge < -0.3 is 16.2 Å². The van der Waals surface area contributed by atoms with E-state index in [1.807, 2.05) is 6.07 Å². The quantitative estimate of drug-likeness (QED) is 0.396. The number of nitrogens with one attached hydrogen (secondary N) is 2. The number of rotatable bonds is 2. The fourth-order valence-electron chi connectivity index (χ4n) is 1.74. The first kappa shape index (κ1) is 11.6. The molecule has 90 valence electrons. The van der Waals surface area contributed by atoms with Gasteiger partial charge in [-0.3, -0.25) is 9.20 Å². The van der Waals surface area contributed by atoms with Crippen LogP contribution in [0.4, 0.5) is 0 Å². The molecular weight excluding hydrogens is 232 g/mol. The van der Waals surface area contributed by atoms with Crippen molar-refractivity contribution in [2.75, 3.05) is 0 Å². The van der Waals surface area contributed by atoms with Crippen LogP contribution in [-0.2, 0) is 0 Å². The van der Waals surface area contributed by atoms with Crippen LogP contribution < -0.4 is 11.4 Å². The van der Waals surface area contributed by atoms with Crippen LogP contribution in [0.3, 0.4) is 0 Å². The summed E-state index contributed by atoms with van der Waals surface area (Å²) in [4.78, 5) is 14.7. The van der Waals surface area contributed by atoms with Gasteiger partial charge in [-0.25, -0.2) is 0 Å². The Hall–Kier alpha value is -2.88. The number of imidazole rings is 1. The second-order valence-electron chi connectivity index (χ2n) is 3.69. The van der Waals surface area contributed by atoms with Crippen molar-refractivity contribution in [3.63, 3.8) is 0 Å². The highest BCUT2D eigenvalue weighted by Crippen LogP contribution is 2.07. The minimum absolute atomic E-state index is 0.160. The largest absolute Gasteiger partial charge is 0.345 e. The zero-order chi connectivity index (χ0) is 13.3. The molecule has 18 heavy (non-hydrogen) atoms. The van der Waals surface area contributed by atoms with Crippen molar-refractivity contribution < 1.29 is 0 Å². The summed E-state index contributed by atoms with van der Waals surface area (Å²) in [5.74, 6) is 5.21. The number of nitriles is 1. The summed E-state index contributed by atoms with van der Waals surface area (Å²) in [6, 6.07) is 4.82. The highest BCUT2D eigenvalue weighted by Gasteiger charge is 2.11. The smallest absolute Gasteiger partial charge is 0.257 e. The first-order chi connectivity index (χ1) is 8.58. The van der Waals surface area contributed by atoms with E-state index >= 15 is 0 Å². The van der Waals surface area contributed by atoms with Crippen LogP contribution in [0.25, 0.3) is 5.65 Å². The number of hydrogen-bond acceptors (Lipinski definition) is 5. The van der Waals surface area contributed by atoms with E-state index in [9.17, 15) is 4.79 Å². The molecule has 0 aromatic carbocycles.